The molecule has 1 aromatic heterocycles. The first-order chi connectivity index (χ1) is 17.4. The number of pyridine rings is 1. The molecule has 36 heavy (non-hydrogen) atoms. The van der Waals surface area contributed by atoms with Gasteiger partial charge in [0, 0.05) is 37.8 Å². The van der Waals surface area contributed by atoms with Gasteiger partial charge in [-0.2, -0.15) is 0 Å². The van der Waals surface area contributed by atoms with Gasteiger partial charge in [0.05, 0.1) is 5.56 Å². The third kappa shape index (κ3) is 6.44. The van der Waals surface area contributed by atoms with E-state index in [1.165, 1.54) is 47.2 Å². The molecule has 0 radical (unpaired) electrons. The van der Waals surface area contributed by atoms with Gasteiger partial charge in [-0.25, -0.2) is 8.78 Å². The van der Waals surface area contributed by atoms with E-state index < -0.39 is 0 Å². The van der Waals surface area contributed by atoms with E-state index in [1.807, 2.05) is 0 Å². The number of aromatic nitrogens is 1. The molecule has 2 amide bonds. The fraction of sp³-hybridized carbons (Fsp3) is 0.321. The summed E-state index contributed by atoms with van der Waals surface area (Å²) in [5.74, 6) is -1.37. The lowest BCUT2D eigenvalue weighted by Crippen LogP contribution is -2.39. The van der Waals surface area contributed by atoms with Crippen LogP contribution in [0.5, 0.6) is 0 Å². The molecule has 0 bridgehead atoms. The first-order valence-corrected chi connectivity index (χ1v) is 12.2. The Morgan fingerprint density at radius 2 is 1.42 bits per heavy atom. The second-order valence-electron chi connectivity index (χ2n) is 9.03. The van der Waals surface area contributed by atoms with Crippen molar-refractivity contribution in [3.8, 4) is 0 Å². The Morgan fingerprint density at radius 1 is 0.833 bits per heavy atom. The first-order valence-electron chi connectivity index (χ1n) is 12.2. The minimum atomic E-state index is -0.369. The number of nitrogens with zero attached hydrogens (tertiary/aromatic N) is 2. The van der Waals surface area contributed by atoms with E-state index in [0.29, 0.717) is 26.1 Å². The van der Waals surface area contributed by atoms with Gasteiger partial charge in [-0.1, -0.05) is 24.3 Å². The number of hydrogen-bond donors (Lipinski definition) is 1. The summed E-state index contributed by atoms with van der Waals surface area (Å²) in [6.45, 7) is 1.58. The lowest BCUT2D eigenvalue weighted by molar-refractivity contribution is -0.132. The van der Waals surface area contributed by atoms with Crippen molar-refractivity contribution in [3.05, 3.63) is 106 Å². The van der Waals surface area contributed by atoms with E-state index in [-0.39, 0.29) is 47.0 Å². The molecule has 188 valence electrons. The van der Waals surface area contributed by atoms with Gasteiger partial charge in [-0.15, -0.1) is 0 Å². The Hall–Kier alpha value is -3.81. The molecule has 1 fully saturated rings. The molecular formula is C28H29F2N3O3. The highest BCUT2D eigenvalue weighted by Crippen LogP contribution is 2.28. The van der Waals surface area contributed by atoms with Crippen molar-refractivity contribution in [1.82, 2.24) is 14.8 Å². The van der Waals surface area contributed by atoms with Crippen LogP contribution in [0.2, 0.25) is 0 Å². The summed E-state index contributed by atoms with van der Waals surface area (Å²) >= 11 is 0. The van der Waals surface area contributed by atoms with E-state index in [4.69, 9.17) is 0 Å². The van der Waals surface area contributed by atoms with Crippen LogP contribution in [0.4, 0.5) is 8.78 Å². The second kappa shape index (κ2) is 11.7. The normalized spacial score (nSPS) is 13.6. The Morgan fingerprint density at radius 3 is 2.00 bits per heavy atom. The number of halogens is 2. The maximum atomic E-state index is 13.4. The molecule has 8 heteroatoms. The van der Waals surface area contributed by atoms with Crippen molar-refractivity contribution in [3.63, 3.8) is 0 Å². The van der Waals surface area contributed by atoms with Crippen molar-refractivity contribution >= 4 is 11.8 Å². The van der Waals surface area contributed by atoms with Crippen LogP contribution in [0, 0.1) is 11.6 Å². The molecule has 1 N–H and O–H groups in total. The monoisotopic (exact) mass is 493 g/mol. The molecule has 1 aliphatic heterocycles. The van der Waals surface area contributed by atoms with Gasteiger partial charge in [0.1, 0.15) is 18.2 Å². The maximum Gasteiger partial charge on any atom is 0.252 e. The van der Waals surface area contributed by atoms with Crippen molar-refractivity contribution < 1.29 is 18.4 Å². The number of rotatable bonds is 8. The minimum absolute atomic E-state index is 0.100. The molecule has 2 heterocycles. The van der Waals surface area contributed by atoms with E-state index in [0.717, 1.165) is 30.4 Å². The number of amides is 2. The first kappa shape index (κ1) is 25.3. The predicted octanol–water partition coefficient (Wildman–Crippen LogP) is 4.09. The number of nitrogens with one attached hydrogen (secondary N) is 1. The van der Waals surface area contributed by atoms with Gasteiger partial charge in [0.2, 0.25) is 5.91 Å². The molecule has 1 saturated heterocycles. The lowest BCUT2D eigenvalue weighted by Gasteiger charge is -2.27. The average Bonchev–Trinajstić information content (AvgIpc) is 2.89. The molecule has 0 saturated carbocycles. The fourth-order valence-corrected chi connectivity index (χ4v) is 4.53. The topological polar surface area (TPSA) is 71.4 Å². The summed E-state index contributed by atoms with van der Waals surface area (Å²) < 4.78 is 28.2. The molecule has 2 aromatic carbocycles. The standard InChI is InChI=1S/C28H29F2N3O3/c29-23-9-4-20(5-10-23)25(21-6-11-24(30)12-7-21)14-15-31-28(36)22-8-13-26(34)33(18-22)19-27(35)32-16-2-1-3-17-32/h4-13,18,25H,1-3,14-17,19H2,(H,31,36). The number of piperidine rings is 1. The zero-order chi connectivity index (χ0) is 25.5. The summed E-state index contributed by atoms with van der Waals surface area (Å²) in [6.07, 6.45) is 4.93. The van der Waals surface area contributed by atoms with E-state index in [9.17, 15) is 23.2 Å². The summed E-state index contributed by atoms with van der Waals surface area (Å²) in [6, 6.07) is 15.0. The summed E-state index contributed by atoms with van der Waals surface area (Å²) in [5.41, 5.74) is 1.63. The average molecular weight is 494 g/mol. The number of likely N-dealkylation sites (tertiary alicyclic amines) is 1. The van der Waals surface area contributed by atoms with Crippen LogP contribution in [-0.4, -0.2) is 40.9 Å². The Balaban J connectivity index is 1.41. The van der Waals surface area contributed by atoms with Crippen molar-refractivity contribution in [2.75, 3.05) is 19.6 Å². The molecule has 0 spiro atoms. The third-order valence-electron chi connectivity index (χ3n) is 6.52. The smallest absolute Gasteiger partial charge is 0.252 e. The van der Waals surface area contributed by atoms with Gasteiger partial charge in [0.25, 0.3) is 11.5 Å². The van der Waals surface area contributed by atoms with E-state index in [1.54, 1.807) is 29.2 Å². The molecule has 6 nitrogen and oxygen atoms in total. The summed E-state index contributed by atoms with van der Waals surface area (Å²) in [7, 11) is 0. The van der Waals surface area contributed by atoms with E-state index in [2.05, 4.69) is 5.32 Å². The minimum Gasteiger partial charge on any atom is -0.352 e. The Bertz CT molecular complexity index is 1200. The largest absolute Gasteiger partial charge is 0.352 e. The highest BCUT2D eigenvalue weighted by atomic mass is 19.1. The van der Waals surface area contributed by atoms with Gasteiger partial charge < -0.3 is 14.8 Å². The Kier molecular flexibility index (Phi) is 8.25. The number of hydrogen-bond acceptors (Lipinski definition) is 3. The SMILES string of the molecule is O=C(NCCC(c1ccc(F)cc1)c1ccc(F)cc1)c1ccc(=O)n(CC(=O)N2CCCCC2)c1. The second-order valence-corrected chi connectivity index (χ2v) is 9.03. The summed E-state index contributed by atoms with van der Waals surface area (Å²) in [5, 5.41) is 2.86. The molecule has 0 unspecified atom stereocenters. The van der Waals surface area contributed by atoms with Crippen molar-refractivity contribution in [1.29, 1.82) is 0 Å². The van der Waals surface area contributed by atoms with Crippen molar-refractivity contribution in [2.24, 2.45) is 0 Å². The lowest BCUT2D eigenvalue weighted by atomic mass is 9.88. The number of carbonyl (C=O) groups excluding carboxylic acids is 2. The molecule has 4 rings (SSSR count). The molecule has 0 aliphatic carbocycles. The van der Waals surface area contributed by atoms with Gasteiger partial charge in [0.15, 0.2) is 0 Å². The highest BCUT2D eigenvalue weighted by Gasteiger charge is 2.19. The van der Waals surface area contributed by atoms with Crippen LogP contribution >= 0.6 is 0 Å². The third-order valence-corrected chi connectivity index (χ3v) is 6.52. The van der Waals surface area contributed by atoms with Crippen LogP contribution in [-0.2, 0) is 11.3 Å². The quantitative estimate of drug-likeness (QED) is 0.514. The van der Waals surface area contributed by atoms with Crippen LogP contribution in [0.15, 0.2) is 71.7 Å². The fourth-order valence-electron chi connectivity index (χ4n) is 4.53. The van der Waals surface area contributed by atoms with Gasteiger partial charge in [-0.05, 0) is 67.1 Å². The number of benzene rings is 2. The summed E-state index contributed by atoms with van der Waals surface area (Å²) in [4.78, 5) is 39.4. The van der Waals surface area contributed by atoms with E-state index >= 15 is 0 Å². The molecule has 1 aliphatic rings. The van der Waals surface area contributed by atoms with Crippen LogP contribution < -0.4 is 10.9 Å². The number of carbonyl (C=O) groups is 2. The maximum absolute atomic E-state index is 13.4. The van der Waals surface area contributed by atoms with Crippen LogP contribution in [0.25, 0.3) is 0 Å². The van der Waals surface area contributed by atoms with Crippen LogP contribution in [0.1, 0.15) is 53.1 Å². The van der Waals surface area contributed by atoms with Gasteiger partial charge in [-0.3, -0.25) is 14.4 Å². The highest BCUT2D eigenvalue weighted by molar-refractivity contribution is 5.93. The van der Waals surface area contributed by atoms with Crippen molar-refractivity contribution in [2.45, 2.75) is 38.1 Å². The zero-order valence-electron chi connectivity index (χ0n) is 20.0. The molecule has 0 atom stereocenters. The predicted molar refractivity (Wildman–Crippen MR) is 133 cm³/mol. The molecular weight excluding hydrogens is 464 g/mol. The zero-order valence-corrected chi connectivity index (χ0v) is 20.0. The van der Waals surface area contributed by atoms with Gasteiger partial charge >= 0.3 is 0 Å². The Labute approximate surface area is 208 Å². The van der Waals surface area contributed by atoms with Crippen LogP contribution in [0.3, 0.4) is 0 Å². The molecule has 3 aromatic rings.